The van der Waals surface area contributed by atoms with Crippen molar-refractivity contribution >= 4 is 23.2 Å². The molecule has 1 aromatic rings. The standard InChI is InChI=1S/C15H27N5O2S/c1-6-7-17-13(21)8-18-15(16-3)20(4)9-12-10-23-14(19-12)11(2)22-5/h10-11H,6-9H2,1-5H3,(H,16,18)(H,17,21). The fraction of sp³-hybridized carbons (Fsp3) is 0.667. The zero-order valence-electron chi connectivity index (χ0n) is 14.5. The molecule has 0 spiro atoms. The summed E-state index contributed by atoms with van der Waals surface area (Å²) in [5.41, 5.74) is 0.954. The van der Waals surface area contributed by atoms with E-state index < -0.39 is 0 Å². The Morgan fingerprint density at radius 1 is 1.52 bits per heavy atom. The number of aromatic nitrogens is 1. The molecule has 1 unspecified atom stereocenters. The second-order valence-electron chi connectivity index (χ2n) is 5.16. The first-order chi connectivity index (χ1) is 11.0. The number of carbonyl (C=O) groups is 1. The topological polar surface area (TPSA) is 78.9 Å². The maximum atomic E-state index is 11.6. The number of rotatable bonds is 8. The molecule has 1 aromatic heterocycles. The Morgan fingerprint density at radius 3 is 2.87 bits per heavy atom. The van der Waals surface area contributed by atoms with Crippen LogP contribution in [0.25, 0.3) is 0 Å². The van der Waals surface area contributed by atoms with Crippen molar-refractivity contribution in [3.63, 3.8) is 0 Å². The predicted octanol–water partition coefficient (Wildman–Crippen LogP) is 1.38. The van der Waals surface area contributed by atoms with Crippen molar-refractivity contribution in [2.75, 3.05) is 34.3 Å². The van der Waals surface area contributed by atoms with Gasteiger partial charge in [-0.2, -0.15) is 0 Å². The highest BCUT2D eigenvalue weighted by Crippen LogP contribution is 2.20. The lowest BCUT2D eigenvalue weighted by Gasteiger charge is -2.21. The van der Waals surface area contributed by atoms with Gasteiger partial charge in [-0.25, -0.2) is 4.98 Å². The first-order valence-electron chi connectivity index (χ1n) is 7.67. The SMILES string of the molecule is CCCNC(=O)CNC(=NC)N(C)Cc1csc(C(C)OC)n1. The van der Waals surface area contributed by atoms with Crippen LogP contribution in [0.5, 0.6) is 0 Å². The summed E-state index contributed by atoms with van der Waals surface area (Å²) in [6.45, 7) is 5.51. The van der Waals surface area contributed by atoms with Crippen molar-refractivity contribution in [1.82, 2.24) is 20.5 Å². The molecule has 0 fully saturated rings. The van der Waals surface area contributed by atoms with Gasteiger partial charge in [0.2, 0.25) is 5.91 Å². The monoisotopic (exact) mass is 341 g/mol. The molecule has 0 aliphatic carbocycles. The maximum absolute atomic E-state index is 11.6. The fourth-order valence-corrected chi connectivity index (χ4v) is 2.71. The third-order valence-electron chi connectivity index (χ3n) is 3.22. The molecule has 0 saturated heterocycles. The molecule has 0 aliphatic rings. The Hall–Kier alpha value is -1.67. The average molecular weight is 341 g/mol. The average Bonchev–Trinajstić information content (AvgIpc) is 3.01. The van der Waals surface area contributed by atoms with Crippen molar-refractivity contribution in [3.8, 4) is 0 Å². The number of nitrogens with zero attached hydrogens (tertiary/aromatic N) is 3. The molecule has 0 aromatic carbocycles. The summed E-state index contributed by atoms with van der Waals surface area (Å²) in [6.07, 6.45) is 0.922. The van der Waals surface area contributed by atoms with Gasteiger partial charge in [0.25, 0.3) is 0 Å². The predicted molar refractivity (Wildman–Crippen MR) is 93.7 cm³/mol. The minimum atomic E-state index is -0.0359. The molecule has 8 heteroatoms. The molecule has 1 atom stereocenters. The van der Waals surface area contributed by atoms with Crippen molar-refractivity contribution in [1.29, 1.82) is 0 Å². The van der Waals surface area contributed by atoms with Crippen LogP contribution in [0.3, 0.4) is 0 Å². The summed E-state index contributed by atoms with van der Waals surface area (Å²) < 4.78 is 5.27. The van der Waals surface area contributed by atoms with Crippen LogP contribution < -0.4 is 10.6 Å². The molecule has 0 bridgehead atoms. The lowest BCUT2D eigenvalue weighted by atomic mass is 10.4. The van der Waals surface area contributed by atoms with E-state index in [4.69, 9.17) is 4.74 Å². The van der Waals surface area contributed by atoms with Crippen LogP contribution in [0.2, 0.25) is 0 Å². The van der Waals surface area contributed by atoms with E-state index in [9.17, 15) is 4.79 Å². The molecule has 1 amide bonds. The van der Waals surface area contributed by atoms with E-state index >= 15 is 0 Å². The Kier molecular flexibility index (Phi) is 8.57. The normalized spacial score (nSPS) is 12.8. The first-order valence-corrected chi connectivity index (χ1v) is 8.55. The van der Waals surface area contributed by atoms with Crippen LogP contribution in [0.15, 0.2) is 10.4 Å². The third kappa shape index (κ3) is 6.54. The van der Waals surface area contributed by atoms with E-state index in [-0.39, 0.29) is 18.6 Å². The number of amides is 1. The number of aliphatic imine (C=N–C) groups is 1. The van der Waals surface area contributed by atoms with E-state index in [0.29, 0.717) is 19.0 Å². The van der Waals surface area contributed by atoms with Gasteiger partial charge < -0.3 is 20.3 Å². The zero-order valence-corrected chi connectivity index (χ0v) is 15.4. The summed E-state index contributed by atoms with van der Waals surface area (Å²) in [5, 5.41) is 8.85. The molecule has 0 saturated carbocycles. The Morgan fingerprint density at radius 2 is 2.26 bits per heavy atom. The largest absolute Gasteiger partial charge is 0.375 e. The van der Waals surface area contributed by atoms with Gasteiger partial charge in [0.1, 0.15) is 11.1 Å². The van der Waals surface area contributed by atoms with Crippen molar-refractivity contribution in [2.24, 2.45) is 4.99 Å². The van der Waals surface area contributed by atoms with Gasteiger partial charge >= 0.3 is 0 Å². The fourth-order valence-electron chi connectivity index (χ4n) is 1.87. The number of guanidine groups is 1. The number of methoxy groups -OCH3 is 1. The summed E-state index contributed by atoms with van der Waals surface area (Å²) in [4.78, 5) is 22.3. The van der Waals surface area contributed by atoms with Gasteiger partial charge in [-0.1, -0.05) is 6.92 Å². The van der Waals surface area contributed by atoms with E-state index in [1.165, 1.54) is 0 Å². The van der Waals surface area contributed by atoms with Crippen LogP contribution in [0.4, 0.5) is 0 Å². The van der Waals surface area contributed by atoms with E-state index in [2.05, 4.69) is 20.6 Å². The van der Waals surface area contributed by atoms with E-state index in [1.54, 1.807) is 25.5 Å². The summed E-state index contributed by atoms with van der Waals surface area (Å²) in [7, 11) is 5.29. The number of nitrogens with one attached hydrogen (secondary N) is 2. The molecule has 130 valence electrons. The van der Waals surface area contributed by atoms with Gasteiger partial charge in [-0.15, -0.1) is 11.3 Å². The summed E-state index contributed by atoms with van der Waals surface area (Å²) in [5.74, 6) is 0.622. The zero-order chi connectivity index (χ0) is 17.2. The molecule has 23 heavy (non-hydrogen) atoms. The molecule has 1 heterocycles. The molecular weight excluding hydrogens is 314 g/mol. The lowest BCUT2D eigenvalue weighted by molar-refractivity contribution is -0.120. The maximum Gasteiger partial charge on any atom is 0.239 e. The Balaban J connectivity index is 2.52. The van der Waals surface area contributed by atoms with Crippen LogP contribution in [-0.4, -0.2) is 56.0 Å². The highest BCUT2D eigenvalue weighted by molar-refractivity contribution is 7.09. The first kappa shape index (κ1) is 19.4. The number of hydrogen-bond donors (Lipinski definition) is 2. The second-order valence-corrected chi connectivity index (χ2v) is 6.05. The van der Waals surface area contributed by atoms with Gasteiger partial charge in [-0.05, 0) is 13.3 Å². The Labute approximate surface area is 142 Å². The van der Waals surface area contributed by atoms with E-state index in [1.807, 2.05) is 31.2 Å². The van der Waals surface area contributed by atoms with E-state index in [0.717, 1.165) is 17.1 Å². The minimum absolute atomic E-state index is 0.00115. The quantitative estimate of drug-likeness (QED) is 0.552. The third-order valence-corrected chi connectivity index (χ3v) is 4.28. The van der Waals surface area contributed by atoms with Gasteiger partial charge in [0.15, 0.2) is 5.96 Å². The molecule has 0 aliphatic heterocycles. The van der Waals surface area contributed by atoms with Gasteiger partial charge in [0, 0.05) is 33.1 Å². The second kappa shape index (κ2) is 10.2. The van der Waals surface area contributed by atoms with Gasteiger partial charge in [0.05, 0.1) is 18.8 Å². The molecule has 2 N–H and O–H groups in total. The number of carbonyl (C=O) groups excluding carboxylic acids is 1. The number of thiazole rings is 1. The van der Waals surface area contributed by atoms with Crippen LogP contribution >= 0.6 is 11.3 Å². The molecule has 7 nitrogen and oxygen atoms in total. The summed E-state index contributed by atoms with van der Waals surface area (Å²) >= 11 is 1.58. The molecule has 0 radical (unpaired) electrons. The number of hydrogen-bond acceptors (Lipinski definition) is 5. The van der Waals surface area contributed by atoms with Crippen molar-refractivity contribution in [2.45, 2.75) is 32.9 Å². The van der Waals surface area contributed by atoms with Crippen LogP contribution in [-0.2, 0) is 16.1 Å². The smallest absolute Gasteiger partial charge is 0.239 e. The van der Waals surface area contributed by atoms with Crippen molar-refractivity contribution < 1.29 is 9.53 Å². The summed E-state index contributed by atoms with van der Waals surface area (Å²) in [6, 6.07) is 0. The lowest BCUT2D eigenvalue weighted by Crippen LogP contribution is -2.43. The van der Waals surface area contributed by atoms with Crippen LogP contribution in [0, 0.1) is 0 Å². The highest BCUT2D eigenvalue weighted by atomic mass is 32.1. The molecular formula is C15H27N5O2S. The Bertz CT molecular complexity index is 518. The van der Waals surface area contributed by atoms with Crippen LogP contribution in [0.1, 0.15) is 37.1 Å². The van der Waals surface area contributed by atoms with Gasteiger partial charge in [-0.3, -0.25) is 9.79 Å². The minimum Gasteiger partial charge on any atom is -0.375 e. The van der Waals surface area contributed by atoms with Crippen molar-refractivity contribution in [3.05, 3.63) is 16.1 Å². The number of ether oxygens (including phenoxy) is 1. The molecule has 1 rings (SSSR count). The highest BCUT2D eigenvalue weighted by Gasteiger charge is 2.13.